The maximum Gasteiger partial charge on any atom is 0.228 e. The molecule has 1 aromatic carbocycles. The molecule has 0 aliphatic heterocycles. The molecule has 3 aromatic rings. The van der Waals surface area contributed by atoms with Gasteiger partial charge in [-0.1, -0.05) is 11.6 Å². The van der Waals surface area contributed by atoms with Crippen LogP contribution in [0.3, 0.4) is 0 Å². The first-order valence-corrected chi connectivity index (χ1v) is 9.21. The Morgan fingerprint density at radius 3 is 2.79 bits per heavy atom. The van der Waals surface area contributed by atoms with Crippen LogP contribution in [0.1, 0.15) is 18.5 Å². The van der Waals surface area contributed by atoms with Gasteiger partial charge in [0.25, 0.3) is 0 Å². The summed E-state index contributed by atoms with van der Waals surface area (Å²) >= 11 is 5.98. The summed E-state index contributed by atoms with van der Waals surface area (Å²) in [5, 5.41) is 14.6. The number of aromatic nitrogens is 3. The second-order valence-corrected chi connectivity index (χ2v) is 7.11. The molecule has 0 spiro atoms. The first-order chi connectivity index (χ1) is 13.5. The van der Waals surface area contributed by atoms with E-state index in [0.717, 1.165) is 18.5 Å². The van der Waals surface area contributed by atoms with Crippen LogP contribution in [0.15, 0.2) is 42.6 Å². The molecule has 6 nitrogen and oxygen atoms in total. The minimum Gasteiger partial charge on any atom is -0.354 e. The number of carbonyl (C=O) groups excluding carboxylic acids is 1. The highest BCUT2D eigenvalue weighted by Crippen LogP contribution is 2.31. The first-order valence-electron chi connectivity index (χ1n) is 8.83. The van der Waals surface area contributed by atoms with E-state index in [2.05, 4.69) is 25.8 Å². The molecule has 1 fully saturated rings. The Hall–Kier alpha value is -3.06. The van der Waals surface area contributed by atoms with Gasteiger partial charge in [-0.15, -0.1) is 0 Å². The Morgan fingerprint density at radius 1 is 1.18 bits per heavy atom. The van der Waals surface area contributed by atoms with Gasteiger partial charge in [0, 0.05) is 34.5 Å². The Labute approximate surface area is 166 Å². The molecule has 0 radical (unpaired) electrons. The molecule has 2 aromatic heterocycles. The Morgan fingerprint density at radius 2 is 2.00 bits per heavy atom. The van der Waals surface area contributed by atoms with Gasteiger partial charge < -0.3 is 10.6 Å². The van der Waals surface area contributed by atoms with Crippen LogP contribution in [0.2, 0.25) is 5.02 Å². The van der Waals surface area contributed by atoms with Gasteiger partial charge in [0.15, 0.2) is 0 Å². The zero-order valence-corrected chi connectivity index (χ0v) is 15.8. The van der Waals surface area contributed by atoms with Gasteiger partial charge >= 0.3 is 0 Å². The molecule has 28 heavy (non-hydrogen) atoms. The van der Waals surface area contributed by atoms with E-state index >= 15 is 0 Å². The van der Waals surface area contributed by atoms with Crippen LogP contribution in [0.25, 0.3) is 11.3 Å². The van der Waals surface area contributed by atoms with E-state index in [-0.39, 0.29) is 17.4 Å². The number of aryl methyl sites for hydroxylation is 1. The summed E-state index contributed by atoms with van der Waals surface area (Å²) in [6.45, 7) is 1.80. The van der Waals surface area contributed by atoms with Crippen LogP contribution in [-0.2, 0) is 4.79 Å². The molecule has 0 unspecified atom stereocenters. The predicted molar refractivity (Wildman–Crippen MR) is 106 cm³/mol. The third-order valence-electron chi connectivity index (χ3n) is 4.42. The van der Waals surface area contributed by atoms with Crippen molar-refractivity contribution >= 4 is 34.7 Å². The molecule has 0 saturated heterocycles. The van der Waals surface area contributed by atoms with E-state index in [4.69, 9.17) is 11.6 Å². The van der Waals surface area contributed by atoms with Gasteiger partial charge in [0.1, 0.15) is 11.6 Å². The third kappa shape index (κ3) is 4.09. The zero-order chi connectivity index (χ0) is 19.7. The molecule has 0 bridgehead atoms. The molecule has 142 valence electrons. The lowest BCUT2D eigenvalue weighted by atomic mass is 10.1. The quantitative estimate of drug-likeness (QED) is 0.650. The minimum atomic E-state index is -0.428. The second-order valence-electron chi connectivity index (χ2n) is 6.67. The van der Waals surface area contributed by atoms with E-state index in [0.29, 0.717) is 27.9 Å². The van der Waals surface area contributed by atoms with Crippen LogP contribution in [0.4, 0.5) is 21.6 Å². The number of nitrogens with one attached hydrogen (secondary N) is 2. The van der Waals surface area contributed by atoms with Crippen LogP contribution in [0, 0.1) is 18.7 Å². The van der Waals surface area contributed by atoms with Gasteiger partial charge in [-0.05, 0) is 50.1 Å². The van der Waals surface area contributed by atoms with Gasteiger partial charge in [-0.2, -0.15) is 10.2 Å². The molecular weight excluding hydrogens is 381 g/mol. The second kappa shape index (κ2) is 7.52. The van der Waals surface area contributed by atoms with Gasteiger partial charge in [0.2, 0.25) is 5.91 Å². The fourth-order valence-corrected chi connectivity index (χ4v) is 2.88. The highest BCUT2D eigenvalue weighted by Gasteiger charge is 2.29. The normalized spacial score (nSPS) is 13.2. The van der Waals surface area contributed by atoms with Crippen molar-refractivity contribution in [2.45, 2.75) is 19.8 Å². The standard InChI is InChI=1S/C20H17ClFN5O/c1-11-17(10-18(27-26-11)15-8-13(21)4-5-16(15)22)24-14-6-7-23-19(9-14)25-20(28)12-2-3-12/h4-10,12H,2-3H2,1H3,(H2,23,24,25,27,28). The fourth-order valence-electron chi connectivity index (χ4n) is 2.71. The predicted octanol–water partition coefficient (Wildman–Crippen LogP) is 4.73. The Balaban J connectivity index is 1.59. The molecule has 4 rings (SSSR count). The van der Waals surface area contributed by atoms with Crippen molar-refractivity contribution in [3.05, 3.63) is 59.1 Å². The van der Waals surface area contributed by atoms with Crippen LogP contribution in [-0.4, -0.2) is 21.1 Å². The van der Waals surface area contributed by atoms with E-state index in [1.54, 1.807) is 31.3 Å². The molecule has 1 amide bonds. The van der Waals surface area contributed by atoms with Crippen molar-refractivity contribution in [2.24, 2.45) is 5.92 Å². The number of carbonyl (C=O) groups is 1. The summed E-state index contributed by atoms with van der Waals surface area (Å²) in [4.78, 5) is 16.1. The molecule has 1 aliphatic carbocycles. The number of amides is 1. The number of nitrogens with zero attached hydrogens (tertiary/aromatic N) is 3. The monoisotopic (exact) mass is 397 g/mol. The lowest BCUT2D eigenvalue weighted by Crippen LogP contribution is -2.14. The summed E-state index contributed by atoms with van der Waals surface area (Å²) in [6, 6.07) is 9.50. The summed E-state index contributed by atoms with van der Waals surface area (Å²) < 4.78 is 14.2. The van der Waals surface area contributed by atoms with Crippen LogP contribution >= 0.6 is 11.6 Å². The van der Waals surface area contributed by atoms with E-state index in [1.807, 2.05) is 0 Å². The van der Waals surface area contributed by atoms with E-state index in [9.17, 15) is 9.18 Å². The molecule has 0 atom stereocenters. The molecule has 1 saturated carbocycles. The summed E-state index contributed by atoms with van der Waals surface area (Å²) in [7, 11) is 0. The van der Waals surface area contributed by atoms with Gasteiger partial charge in [-0.25, -0.2) is 9.37 Å². The van der Waals surface area contributed by atoms with Crippen molar-refractivity contribution in [3.8, 4) is 11.3 Å². The molecule has 8 heteroatoms. The molecular formula is C20H17ClFN5O. The maximum atomic E-state index is 14.2. The molecule has 2 heterocycles. The summed E-state index contributed by atoms with van der Waals surface area (Å²) in [5.74, 6) is 0.135. The number of hydrogen-bond acceptors (Lipinski definition) is 5. The lowest BCUT2D eigenvalue weighted by molar-refractivity contribution is -0.117. The van der Waals surface area contributed by atoms with Crippen molar-refractivity contribution in [1.82, 2.24) is 15.2 Å². The number of pyridine rings is 1. The Kier molecular flexibility index (Phi) is 4.92. The topological polar surface area (TPSA) is 79.8 Å². The number of hydrogen-bond donors (Lipinski definition) is 2. The fraction of sp³-hybridized carbons (Fsp3) is 0.200. The molecule has 1 aliphatic rings. The van der Waals surface area contributed by atoms with Crippen molar-refractivity contribution in [1.29, 1.82) is 0 Å². The average molecular weight is 398 g/mol. The minimum absolute atomic E-state index is 0.00914. The van der Waals surface area contributed by atoms with Crippen molar-refractivity contribution in [2.75, 3.05) is 10.6 Å². The van der Waals surface area contributed by atoms with Crippen molar-refractivity contribution < 1.29 is 9.18 Å². The average Bonchev–Trinajstić information content (AvgIpc) is 3.51. The van der Waals surface area contributed by atoms with Crippen molar-refractivity contribution in [3.63, 3.8) is 0 Å². The SMILES string of the molecule is Cc1nnc(-c2cc(Cl)ccc2F)cc1Nc1ccnc(NC(=O)C2CC2)c1. The number of halogens is 2. The Bertz CT molecular complexity index is 1050. The number of rotatable bonds is 5. The number of anilines is 3. The van der Waals surface area contributed by atoms with Crippen LogP contribution in [0.5, 0.6) is 0 Å². The van der Waals surface area contributed by atoms with E-state index < -0.39 is 5.82 Å². The first kappa shape index (κ1) is 18.3. The highest BCUT2D eigenvalue weighted by atomic mass is 35.5. The summed E-state index contributed by atoms with van der Waals surface area (Å²) in [5.41, 5.74) is 2.66. The smallest absolute Gasteiger partial charge is 0.228 e. The summed E-state index contributed by atoms with van der Waals surface area (Å²) in [6.07, 6.45) is 3.45. The van der Waals surface area contributed by atoms with Gasteiger partial charge in [-0.3, -0.25) is 4.79 Å². The highest BCUT2D eigenvalue weighted by molar-refractivity contribution is 6.30. The number of benzene rings is 1. The maximum absolute atomic E-state index is 14.2. The van der Waals surface area contributed by atoms with Gasteiger partial charge in [0.05, 0.1) is 17.1 Å². The largest absolute Gasteiger partial charge is 0.354 e. The third-order valence-corrected chi connectivity index (χ3v) is 4.66. The zero-order valence-electron chi connectivity index (χ0n) is 15.0. The van der Waals surface area contributed by atoms with Crippen LogP contribution < -0.4 is 10.6 Å². The lowest BCUT2D eigenvalue weighted by Gasteiger charge is -2.12. The molecule has 2 N–H and O–H groups in total. The van der Waals surface area contributed by atoms with E-state index in [1.165, 1.54) is 18.2 Å².